The Morgan fingerprint density at radius 3 is 2.19 bits per heavy atom. The van der Waals surface area contributed by atoms with Gasteiger partial charge in [0.05, 0.1) is 0 Å². The van der Waals surface area contributed by atoms with Crippen LogP contribution in [0.1, 0.15) is 26.2 Å². The van der Waals surface area contributed by atoms with E-state index >= 15 is 0 Å². The molecule has 92 valence electrons. The SMILES string of the molecule is CC[C@H](NC(=O)CC[C@H](N)C(=O)O)C(=O)O. The van der Waals surface area contributed by atoms with Gasteiger partial charge in [0.15, 0.2) is 0 Å². The molecule has 0 aliphatic rings. The molecule has 0 saturated carbocycles. The fourth-order valence-corrected chi connectivity index (χ4v) is 1.01. The highest BCUT2D eigenvalue weighted by molar-refractivity contribution is 5.84. The Bertz CT molecular complexity index is 279. The molecule has 5 N–H and O–H groups in total. The molecule has 0 bridgehead atoms. The van der Waals surface area contributed by atoms with Gasteiger partial charge in [0, 0.05) is 6.42 Å². The standard InChI is InChI=1S/C9H16N2O5/c1-2-6(9(15)16)11-7(12)4-3-5(10)8(13)14/h5-6H,2-4,10H2,1H3,(H,11,12)(H,13,14)(H,15,16)/t5-,6-/m0/s1. The number of rotatable bonds is 7. The van der Waals surface area contributed by atoms with Crippen LogP contribution in [0.4, 0.5) is 0 Å². The molecule has 2 atom stereocenters. The number of aliphatic carboxylic acids is 2. The fraction of sp³-hybridized carbons (Fsp3) is 0.667. The number of carboxylic acids is 2. The van der Waals surface area contributed by atoms with Crippen molar-refractivity contribution in [2.75, 3.05) is 0 Å². The van der Waals surface area contributed by atoms with Crippen LogP contribution in [0.2, 0.25) is 0 Å². The van der Waals surface area contributed by atoms with Crippen LogP contribution in [0.3, 0.4) is 0 Å². The molecule has 0 radical (unpaired) electrons. The Hall–Kier alpha value is -1.63. The first kappa shape index (κ1) is 14.4. The fourth-order valence-electron chi connectivity index (χ4n) is 1.01. The zero-order valence-corrected chi connectivity index (χ0v) is 8.97. The minimum Gasteiger partial charge on any atom is -0.480 e. The van der Waals surface area contributed by atoms with Crippen molar-refractivity contribution < 1.29 is 24.6 Å². The highest BCUT2D eigenvalue weighted by Gasteiger charge is 2.19. The lowest BCUT2D eigenvalue weighted by molar-refractivity contribution is -0.142. The Labute approximate surface area is 92.6 Å². The van der Waals surface area contributed by atoms with Crippen molar-refractivity contribution in [1.29, 1.82) is 0 Å². The van der Waals surface area contributed by atoms with E-state index in [2.05, 4.69) is 5.32 Å². The summed E-state index contributed by atoms with van der Waals surface area (Å²) in [5, 5.41) is 19.4. The summed E-state index contributed by atoms with van der Waals surface area (Å²) in [4.78, 5) is 32.1. The number of nitrogens with two attached hydrogens (primary N) is 1. The summed E-state index contributed by atoms with van der Waals surface area (Å²) in [5.74, 6) is -2.80. The number of carbonyl (C=O) groups excluding carboxylic acids is 1. The van der Waals surface area contributed by atoms with E-state index in [4.69, 9.17) is 15.9 Å². The molecule has 0 aromatic rings. The maximum Gasteiger partial charge on any atom is 0.326 e. The van der Waals surface area contributed by atoms with Gasteiger partial charge in [-0.05, 0) is 12.8 Å². The lowest BCUT2D eigenvalue weighted by Gasteiger charge is -2.12. The van der Waals surface area contributed by atoms with E-state index < -0.39 is 29.9 Å². The number of hydrogen-bond acceptors (Lipinski definition) is 4. The molecule has 0 aromatic carbocycles. The second-order valence-corrected chi connectivity index (χ2v) is 3.35. The van der Waals surface area contributed by atoms with E-state index in [0.717, 1.165) is 0 Å². The highest BCUT2D eigenvalue weighted by atomic mass is 16.4. The van der Waals surface area contributed by atoms with Crippen LogP contribution in [-0.2, 0) is 14.4 Å². The van der Waals surface area contributed by atoms with E-state index in [9.17, 15) is 14.4 Å². The Morgan fingerprint density at radius 2 is 1.81 bits per heavy atom. The van der Waals surface area contributed by atoms with Crippen LogP contribution in [0.15, 0.2) is 0 Å². The molecule has 0 heterocycles. The van der Waals surface area contributed by atoms with E-state index in [-0.39, 0.29) is 19.3 Å². The largest absolute Gasteiger partial charge is 0.480 e. The first-order valence-corrected chi connectivity index (χ1v) is 4.89. The van der Waals surface area contributed by atoms with Crippen molar-refractivity contribution in [1.82, 2.24) is 5.32 Å². The molecule has 16 heavy (non-hydrogen) atoms. The van der Waals surface area contributed by atoms with Crippen LogP contribution < -0.4 is 11.1 Å². The van der Waals surface area contributed by atoms with Crippen molar-refractivity contribution >= 4 is 17.8 Å². The van der Waals surface area contributed by atoms with Gasteiger partial charge in [0.1, 0.15) is 12.1 Å². The summed E-state index contributed by atoms with van der Waals surface area (Å²) in [6.45, 7) is 1.63. The lowest BCUT2D eigenvalue weighted by atomic mass is 10.1. The summed E-state index contributed by atoms with van der Waals surface area (Å²) in [7, 11) is 0. The molecule has 0 unspecified atom stereocenters. The molecule has 0 rings (SSSR count). The van der Waals surface area contributed by atoms with E-state index in [1.54, 1.807) is 6.92 Å². The number of nitrogens with one attached hydrogen (secondary N) is 1. The summed E-state index contributed by atoms with van der Waals surface area (Å²) >= 11 is 0. The van der Waals surface area contributed by atoms with Crippen LogP contribution in [0.25, 0.3) is 0 Å². The molecule has 7 nitrogen and oxygen atoms in total. The molecule has 0 aliphatic carbocycles. The lowest BCUT2D eigenvalue weighted by Crippen LogP contribution is -2.41. The maximum absolute atomic E-state index is 11.2. The number of carboxylic acid groups (broad SMARTS) is 2. The third-order valence-corrected chi connectivity index (χ3v) is 2.04. The molecule has 0 spiro atoms. The van der Waals surface area contributed by atoms with Gasteiger partial charge in [-0.2, -0.15) is 0 Å². The Balaban J connectivity index is 3.99. The van der Waals surface area contributed by atoms with Crippen molar-refractivity contribution in [3.63, 3.8) is 0 Å². The summed E-state index contributed by atoms with van der Waals surface area (Å²) < 4.78 is 0. The third kappa shape index (κ3) is 5.30. The van der Waals surface area contributed by atoms with Crippen molar-refractivity contribution in [3.05, 3.63) is 0 Å². The first-order valence-electron chi connectivity index (χ1n) is 4.89. The Morgan fingerprint density at radius 1 is 1.25 bits per heavy atom. The zero-order valence-electron chi connectivity index (χ0n) is 8.97. The van der Waals surface area contributed by atoms with Gasteiger partial charge in [-0.1, -0.05) is 6.92 Å². The van der Waals surface area contributed by atoms with E-state index in [0.29, 0.717) is 0 Å². The van der Waals surface area contributed by atoms with Crippen molar-refractivity contribution in [2.24, 2.45) is 5.73 Å². The summed E-state index contributed by atoms with van der Waals surface area (Å²) in [6.07, 6.45) is 0.153. The van der Waals surface area contributed by atoms with E-state index in [1.807, 2.05) is 0 Å². The molecule has 0 saturated heterocycles. The molecule has 1 amide bonds. The van der Waals surface area contributed by atoms with Gasteiger partial charge in [-0.15, -0.1) is 0 Å². The molecule has 7 heteroatoms. The molecule has 0 aliphatic heterocycles. The first-order chi connectivity index (χ1) is 7.38. The minimum absolute atomic E-state index is 0.0166. The van der Waals surface area contributed by atoms with Gasteiger partial charge < -0.3 is 21.3 Å². The predicted molar refractivity (Wildman–Crippen MR) is 54.7 cm³/mol. The maximum atomic E-state index is 11.2. The average molecular weight is 232 g/mol. The monoisotopic (exact) mass is 232 g/mol. The van der Waals surface area contributed by atoms with Crippen LogP contribution in [0, 0.1) is 0 Å². The molecule has 0 fully saturated rings. The van der Waals surface area contributed by atoms with Crippen molar-refractivity contribution in [2.45, 2.75) is 38.3 Å². The van der Waals surface area contributed by atoms with Crippen LogP contribution >= 0.6 is 0 Å². The zero-order chi connectivity index (χ0) is 12.7. The normalized spacial score (nSPS) is 13.9. The second-order valence-electron chi connectivity index (χ2n) is 3.35. The molecular formula is C9H16N2O5. The topological polar surface area (TPSA) is 130 Å². The Kier molecular flexibility index (Phi) is 6.09. The van der Waals surface area contributed by atoms with Crippen LogP contribution in [0.5, 0.6) is 0 Å². The van der Waals surface area contributed by atoms with Crippen molar-refractivity contribution in [3.8, 4) is 0 Å². The second kappa shape index (κ2) is 6.78. The van der Waals surface area contributed by atoms with Crippen LogP contribution in [-0.4, -0.2) is 40.1 Å². The molecular weight excluding hydrogens is 216 g/mol. The number of hydrogen-bond donors (Lipinski definition) is 4. The highest BCUT2D eigenvalue weighted by Crippen LogP contribution is 1.97. The van der Waals surface area contributed by atoms with Gasteiger partial charge >= 0.3 is 11.9 Å². The molecule has 0 aromatic heterocycles. The third-order valence-electron chi connectivity index (χ3n) is 2.04. The average Bonchev–Trinajstić information content (AvgIpc) is 2.21. The van der Waals surface area contributed by atoms with Gasteiger partial charge in [-0.3, -0.25) is 9.59 Å². The van der Waals surface area contributed by atoms with Gasteiger partial charge in [0.2, 0.25) is 5.91 Å². The summed E-state index contributed by atoms with van der Waals surface area (Å²) in [5.41, 5.74) is 5.19. The minimum atomic E-state index is -1.18. The van der Waals surface area contributed by atoms with Gasteiger partial charge in [0.25, 0.3) is 0 Å². The quantitative estimate of drug-likeness (QED) is 0.452. The number of amides is 1. The van der Waals surface area contributed by atoms with Gasteiger partial charge in [-0.25, -0.2) is 4.79 Å². The number of carbonyl (C=O) groups is 3. The predicted octanol–water partition coefficient (Wildman–Crippen LogP) is -0.842. The van der Waals surface area contributed by atoms with E-state index in [1.165, 1.54) is 0 Å². The summed E-state index contributed by atoms with van der Waals surface area (Å²) in [6, 6.07) is -2.04. The smallest absolute Gasteiger partial charge is 0.326 e.